The van der Waals surface area contributed by atoms with E-state index in [9.17, 15) is 0 Å². The zero-order chi connectivity index (χ0) is 13.0. The molecule has 1 atom stereocenters. The van der Waals surface area contributed by atoms with Crippen LogP contribution in [-0.4, -0.2) is 9.97 Å². The number of aromatic nitrogens is 2. The lowest BCUT2D eigenvalue weighted by Gasteiger charge is -2.18. The number of rotatable bonds is 4. The molecule has 0 aliphatic carbocycles. The van der Waals surface area contributed by atoms with E-state index in [0.29, 0.717) is 11.4 Å². The van der Waals surface area contributed by atoms with Crippen LogP contribution in [0.1, 0.15) is 22.7 Å². The van der Waals surface area contributed by atoms with Gasteiger partial charge >= 0.3 is 0 Å². The largest absolute Gasteiger partial charge is 0.271 e. The standard InChI is InChI=1S/C13H15ClN4/c1-9-2-4-16-7-11(9)13(18-15)6-10-3-5-17-8-12(10)14/h2-5,7-8,13,18H,6,15H2,1H3. The monoisotopic (exact) mass is 262 g/mol. The summed E-state index contributed by atoms with van der Waals surface area (Å²) in [5, 5.41) is 0.652. The van der Waals surface area contributed by atoms with Gasteiger partial charge in [-0.25, -0.2) is 0 Å². The van der Waals surface area contributed by atoms with Gasteiger partial charge in [0.15, 0.2) is 0 Å². The molecule has 4 nitrogen and oxygen atoms in total. The molecule has 2 aromatic heterocycles. The minimum absolute atomic E-state index is 0.0152. The highest BCUT2D eigenvalue weighted by atomic mass is 35.5. The first-order chi connectivity index (χ1) is 8.72. The van der Waals surface area contributed by atoms with Crippen LogP contribution in [0.2, 0.25) is 5.02 Å². The maximum absolute atomic E-state index is 6.11. The SMILES string of the molecule is Cc1ccncc1C(Cc1ccncc1Cl)NN. The Morgan fingerprint density at radius 3 is 2.67 bits per heavy atom. The van der Waals surface area contributed by atoms with Gasteiger partial charge in [0.2, 0.25) is 0 Å². The van der Waals surface area contributed by atoms with E-state index in [0.717, 1.165) is 16.7 Å². The smallest absolute Gasteiger partial charge is 0.0622 e. The molecular formula is C13H15ClN4. The van der Waals surface area contributed by atoms with Gasteiger partial charge in [-0.15, -0.1) is 0 Å². The average molecular weight is 263 g/mol. The first-order valence-corrected chi connectivity index (χ1v) is 6.05. The minimum Gasteiger partial charge on any atom is -0.271 e. The van der Waals surface area contributed by atoms with Gasteiger partial charge in [-0.2, -0.15) is 0 Å². The van der Waals surface area contributed by atoms with E-state index >= 15 is 0 Å². The summed E-state index contributed by atoms with van der Waals surface area (Å²) >= 11 is 6.11. The van der Waals surface area contributed by atoms with Crippen LogP contribution in [0.5, 0.6) is 0 Å². The van der Waals surface area contributed by atoms with Crippen molar-refractivity contribution in [2.24, 2.45) is 5.84 Å². The predicted octanol–water partition coefficient (Wildman–Crippen LogP) is 2.19. The number of halogens is 1. The normalized spacial score (nSPS) is 12.4. The summed E-state index contributed by atoms with van der Waals surface area (Å²) in [6.45, 7) is 2.04. The van der Waals surface area contributed by atoms with Crippen molar-refractivity contribution in [3.05, 3.63) is 58.6 Å². The van der Waals surface area contributed by atoms with Gasteiger partial charge in [0.25, 0.3) is 0 Å². The van der Waals surface area contributed by atoms with Crippen molar-refractivity contribution in [3.63, 3.8) is 0 Å². The van der Waals surface area contributed by atoms with Crippen LogP contribution >= 0.6 is 11.6 Å². The van der Waals surface area contributed by atoms with E-state index in [1.165, 1.54) is 0 Å². The second-order valence-corrected chi connectivity index (χ2v) is 4.53. The molecule has 0 bridgehead atoms. The van der Waals surface area contributed by atoms with Crippen molar-refractivity contribution in [1.82, 2.24) is 15.4 Å². The van der Waals surface area contributed by atoms with E-state index in [2.05, 4.69) is 15.4 Å². The molecule has 0 spiro atoms. The third-order valence-electron chi connectivity index (χ3n) is 2.94. The Morgan fingerprint density at radius 1 is 1.28 bits per heavy atom. The van der Waals surface area contributed by atoms with Crippen molar-refractivity contribution in [3.8, 4) is 0 Å². The summed E-state index contributed by atoms with van der Waals surface area (Å²) in [4.78, 5) is 8.11. The fourth-order valence-electron chi connectivity index (χ4n) is 1.89. The lowest BCUT2D eigenvalue weighted by atomic mass is 9.98. The Balaban J connectivity index is 2.26. The molecule has 0 saturated heterocycles. The van der Waals surface area contributed by atoms with Gasteiger partial charge in [0.1, 0.15) is 0 Å². The summed E-state index contributed by atoms with van der Waals surface area (Å²) in [5.41, 5.74) is 6.06. The zero-order valence-corrected chi connectivity index (χ0v) is 10.9. The first kappa shape index (κ1) is 13.0. The third-order valence-corrected chi connectivity index (χ3v) is 3.28. The molecule has 5 heteroatoms. The van der Waals surface area contributed by atoms with Crippen LogP contribution in [0.3, 0.4) is 0 Å². The summed E-state index contributed by atoms with van der Waals surface area (Å²) in [6, 6.07) is 3.85. The molecule has 2 aromatic rings. The van der Waals surface area contributed by atoms with Gasteiger partial charge in [-0.1, -0.05) is 11.6 Å². The van der Waals surface area contributed by atoms with E-state index < -0.39 is 0 Å². The molecule has 18 heavy (non-hydrogen) atoms. The first-order valence-electron chi connectivity index (χ1n) is 5.67. The molecule has 2 rings (SSSR count). The molecule has 0 aliphatic rings. The van der Waals surface area contributed by atoms with Gasteiger partial charge in [0.05, 0.1) is 11.1 Å². The van der Waals surface area contributed by atoms with Crippen LogP contribution in [0.25, 0.3) is 0 Å². The van der Waals surface area contributed by atoms with Crippen molar-refractivity contribution in [2.45, 2.75) is 19.4 Å². The third kappa shape index (κ3) is 2.85. The Morgan fingerprint density at radius 2 is 2.00 bits per heavy atom. The predicted molar refractivity (Wildman–Crippen MR) is 72.0 cm³/mol. The Bertz CT molecular complexity index is 530. The van der Waals surface area contributed by atoms with E-state index in [1.807, 2.05) is 25.3 Å². The summed E-state index contributed by atoms with van der Waals surface area (Å²) in [6.07, 6.45) is 7.66. The Kier molecular flexibility index (Phi) is 4.25. The van der Waals surface area contributed by atoms with Crippen LogP contribution in [0.4, 0.5) is 0 Å². The Labute approximate surface area is 111 Å². The van der Waals surface area contributed by atoms with Gasteiger partial charge in [-0.3, -0.25) is 21.2 Å². The molecule has 0 saturated carbocycles. The number of pyridine rings is 2. The average Bonchev–Trinajstić information content (AvgIpc) is 2.39. The van der Waals surface area contributed by atoms with Crippen LogP contribution in [0, 0.1) is 6.92 Å². The van der Waals surface area contributed by atoms with E-state index in [4.69, 9.17) is 17.4 Å². The number of hydrogen-bond donors (Lipinski definition) is 2. The summed E-state index contributed by atoms with van der Waals surface area (Å²) in [5.74, 6) is 5.64. The second-order valence-electron chi connectivity index (χ2n) is 4.12. The highest BCUT2D eigenvalue weighted by Gasteiger charge is 2.14. The van der Waals surface area contributed by atoms with Gasteiger partial charge in [-0.05, 0) is 42.2 Å². The molecule has 0 aliphatic heterocycles. The molecule has 94 valence electrons. The maximum Gasteiger partial charge on any atom is 0.0622 e. The lowest BCUT2D eigenvalue weighted by molar-refractivity contribution is 0.547. The van der Waals surface area contributed by atoms with Crippen molar-refractivity contribution in [2.75, 3.05) is 0 Å². The molecule has 2 heterocycles. The van der Waals surface area contributed by atoms with Crippen molar-refractivity contribution < 1.29 is 0 Å². The number of nitrogens with one attached hydrogen (secondary N) is 1. The fraction of sp³-hybridized carbons (Fsp3) is 0.231. The highest BCUT2D eigenvalue weighted by Crippen LogP contribution is 2.23. The number of nitrogens with zero attached hydrogens (tertiary/aromatic N) is 2. The lowest BCUT2D eigenvalue weighted by Crippen LogP contribution is -2.30. The molecular weight excluding hydrogens is 248 g/mol. The number of hydrazine groups is 1. The summed E-state index contributed by atoms with van der Waals surface area (Å²) in [7, 11) is 0. The number of hydrogen-bond acceptors (Lipinski definition) is 4. The molecule has 0 fully saturated rings. The molecule has 0 radical (unpaired) electrons. The molecule has 3 N–H and O–H groups in total. The summed E-state index contributed by atoms with van der Waals surface area (Å²) < 4.78 is 0. The topological polar surface area (TPSA) is 63.8 Å². The second kappa shape index (κ2) is 5.91. The highest BCUT2D eigenvalue weighted by molar-refractivity contribution is 6.31. The van der Waals surface area contributed by atoms with Crippen LogP contribution < -0.4 is 11.3 Å². The molecule has 1 unspecified atom stereocenters. The minimum atomic E-state index is -0.0152. The Hall–Kier alpha value is -1.49. The van der Waals surface area contributed by atoms with Crippen LogP contribution in [-0.2, 0) is 6.42 Å². The van der Waals surface area contributed by atoms with E-state index in [-0.39, 0.29) is 6.04 Å². The van der Waals surface area contributed by atoms with Crippen LogP contribution in [0.15, 0.2) is 36.9 Å². The maximum atomic E-state index is 6.11. The number of nitrogens with two attached hydrogens (primary N) is 1. The van der Waals surface area contributed by atoms with Crippen molar-refractivity contribution >= 4 is 11.6 Å². The fourth-order valence-corrected chi connectivity index (χ4v) is 2.09. The molecule has 0 aromatic carbocycles. The van der Waals surface area contributed by atoms with Gasteiger partial charge < -0.3 is 0 Å². The zero-order valence-electron chi connectivity index (χ0n) is 10.1. The van der Waals surface area contributed by atoms with Gasteiger partial charge in [0, 0.05) is 24.8 Å². The quantitative estimate of drug-likeness (QED) is 0.655. The number of aryl methyl sites for hydroxylation is 1. The molecule has 0 amide bonds. The van der Waals surface area contributed by atoms with E-state index in [1.54, 1.807) is 18.6 Å². The van der Waals surface area contributed by atoms with Crippen molar-refractivity contribution in [1.29, 1.82) is 0 Å².